The topological polar surface area (TPSA) is 4.93 Å². The fourth-order valence-electron chi connectivity index (χ4n) is 3.95. The van der Waals surface area contributed by atoms with E-state index in [0.717, 1.165) is 11.4 Å². The Morgan fingerprint density at radius 2 is 1.59 bits per heavy atom. The Hall–Kier alpha value is -2.77. The van der Waals surface area contributed by atoms with E-state index in [-0.39, 0.29) is 0 Å². The van der Waals surface area contributed by atoms with E-state index in [9.17, 15) is 0 Å². The van der Waals surface area contributed by atoms with E-state index in [1.807, 2.05) is 12.1 Å². The minimum absolute atomic E-state index is 0.610. The molecule has 1 aliphatic rings. The highest BCUT2D eigenvalue weighted by molar-refractivity contribution is 6.30. The third kappa shape index (κ3) is 2.79. The maximum absolute atomic E-state index is 6.06. The second-order valence-electron chi connectivity index (χ2n) is 7.29. The van der Waals surface area contributed by atoms with Crippen molar-refractivity contribution >= 4 is 39.1 Å². The van der Waals surface area contributed by atoms with Crippen LogP contribution in [0.4, 0.5) is 0 Å². The summed E-state index contributed by atoms with van der Waals surface area (Å²) in [5.41, 5.74) is 6.16. The van der Waals surface area contributed by atoms with Gasteiger partial charge in [-0.2, -0.15) is 0 Å². The van der Waals surface area contributed by atoms with Crippen LogP contribution in [0.25, 0.3) is 38.6 Å². The van der Waals surface area contributed by atoms with Crippen LogP contribution in [0.2, 0.25) is 5.02 Å². The number of halogens is 1. The standard InChI is InChI=1S/C25H20ClN/c1-17-6-13-21(14-7-17)27-24-5-3-2-4-22(24)23-16-19(10-15-25(23)27)18-8-11-20(26)12-9-18/h2-6,8-17H,7H2,1H3. The number of hydrogen-bond acceptors (Lipinski definition) is 0. The van der Waals surface area contributed by atoms with Gasteiger partial charge in [-0.1, -0.05) is 67.1 Å². The number of rotatable bonds is 2. The van der Waals surface area contributed by atoms with Crippen LogP contribution < -0.4 is 0 Å². The fraction of sp³-hybridized carbons (Fsp3) is 0.120. The van der Waals surface area contributed by atoms with Gasteiger partial charge >= 0.3 is 0 Å². The van der Waals surface area contributed by atoms with Crippen LogP contribution in [-0.2, 0) is 0 Å². The first kappa shape index (κ1) is 16.4. The molecule has 2 heteroatoms. The zero-order chi connectivity index (χ0) is 18.4. The minimum Gasteiger partial charge on any atom is -0.310 e. The summed E-state index contributed by atoms with van der Waals surface area (Å²) in [4.78, 5) is 0. The van der Waals surface area contributed by atoms with Crippen LogP contribution in [0.1, 0.15) is 13.3 Å². The molecule has 0 N–H and O–H groups in total. The predicted molar refractivity (Wildman–Crippen MR) is 117 cm³/mol. The molecule has 1 aliphatic carbocycles. The Morgan fingerprint density at radius 1 is 0.852 bits per heavy atom. The molecule has 4 aromatic rings. The van der Waals surface area contributed by atoms with Gasteiger partial charge in [0.05, 0.1) is 11.0 Å². The molecule has 27 heavy (non-hydrogen) atoms. The van der Waals surface area contributed by atoms with E-state index < -0.39 is 0 Å². The molecule has 1 heterocycles. The number of nitrogens with zero attached hydrogens (tertiary/aromatic N) is 1. The molecule has 1 atom stereocenters. The summed E-state index contributed by atoms with van der Waals surface area (Å²) < 4.78 is 2.39. The highest BCUT2D eigenvalue weighted by Crippen LogP contribution is 2.36. The van der Waals surface area contributed by atoms with Gasteiger partial charge in [0.2, 0.25) is 0 Å². The van der Waals surface area contributed by atoms with Crippen molar-refractivity contribution in [3.8, 4) is 11.1 Å². The summed E-state index contributed by atoms with van der Waals surface area (Å²) in [6, 6.07) is 23.5. The van der Waals surface area contributed by atoms with E-state index in [2.05, 4.69) is 84.3 Å². The third-order valence-corrected chi connectivity index (χ3v) is 5.65. The Kier molecular flexibility index (Phi) is 3.91. The molecule has 132 valence electrons. The molecule has 3 aromatic carbocycles. The smallest absolute Gasteiger partial charge is 0.0541 e. The van der Waals surface area contributed by atoms with Crippen molar-refractivity contribution in [3.63, 3.8) is 0 Å². The summed E-state index contributed by atoms with van der Waals surface area (Å²) in [5.74, 6) is 0.610. The summed E-state index contributed by atoms with van der Waals surface area (Å²) in [6.45, 7) is 2.26. The monoisotopic (exact) mass is 369 g/mol. The quantitative estimate of drug-likeness (QED) is 0.343. The second kappa shape index (κ2) is 6.44. The molecule has 0 bridgehead atoms. The van der Waals surface area contributed by atoms with E-state index >= 15 is 0 Å². The zero-order valence-corrected chi connectivity index (χ0v) is 15.9. The number of aromatic nitrogens is 1. The Bertz CT molecular complexity index is 1210. The normalized spacial score (nSPS) is 16.8. The molecule has 0 aliphatic heterocycles. The van der Waals surface area contributed by atoms with Crippen LogP contribution >= 0.6 is 11.6 Å². The van der Waals surface area contributed by atoms with Crippen molar-refractivity contribution in [2.75, 3.05) is 0 Å². The first-order valence-electron chi connectivity index (χ1n) is 9.38. The van der Waals surface area contributed by atoms with E-state index in [0.29, 0.717) is 5.92 Å². The molecule has 0 amide bonds. The van der Waals surface area contributed by atoms with Gasteiger partial charge in [0.15, 0.2) is 0 Å². The molecular formula is C25H20ClN. The van der Waals surface area contributed by atoms with E-state index in [1.54, 1.807) is 0 Å². The largest absolute Gasteiger partial charge is 0.310 e. The molecular weight excluding hydrogens is 350 g/mol. The lowest BCUT2D eigenvalue weighted by Gasteiger charge is -2.15. The first-order chi connectivity index (χ1) is 13.2. The van der Waals surface area contributed by atoms with Gasteiger partial charge in [0.25, 0.3) is 0 Å². The molecule has 1 unspecified atom stereocenters. The highest BCUT2D eigenvalue weighted by atomic mass is 35.5. The van der Waals surface area contributed by atoms with Gasteiger partial charge in [-0.25, -0.2) is 0 Å². The Balaban J connectivity index is 1.76. The van der Waals surface area contributed by atoms with Gasteiger partial charge in [-0.15, -0.1) is 0 Å². The van der Waals surface area contributed by atoms with Crippen molar-refractivity contribution in [2.45, 2.75) is 13.3 Å². The van der Waals surface area contributed by atoms with Crippen LogP contribution in [0.15, 0.2) is 85.0 Å². The Morgan fingerprint density at radius 3 is 2.37 bits per heavy atom. The summed E-state index contributed by atoms with van der Waals surface area (Å²) in [5, 5.41) is 3.34. The van der Waals surface area contributed by atoms with Crippen LogP contribution in [0.5, 0.6) is 0 Å². The number of hydrogen-bond donors (Lipinski definition) is 0. The first-order valence-corrected chi connectivity index (χ1v) is 9.76. The number of para-hydroxylation sites is 1. The SMILES string of the molecule is CC1C=CC(n2c3ccccc3c3cc(-c4ccc(Cl)cc4)ccc32)=CC1. The molecule has 5 rings (SSSR count). The van der Waals surface area contributed by atoms with Crippen LogP contribution in [-0.4, -0.2) is 4.57 Å². The lowest BCUT2D eigenvalue weighted by molar-refractivity contribution is 0.735. The average Bonchev–Trinajstić information content (AvgIpc) is 3.03. The van der Waals surface area contributed by atoms with Crippen molar-refractivity contribution in [2.24, 2.45) is 5.92 Å². The Labute approximate surface area is 164 Å². The zero-order valence-electron chi connectivity index (χ0n) is 15.2. The van der Waals surface area contributed by atoms with Gasteiger partial charge in [0, 0.05) is 21.5 Å². The van der Waals surface area contributed by atoms with E-state index in [1.165, 1.54) is 38.6 Å². The lowest BCUT2D eigenvalue weighted by atomic mass is 10.0. The number of fused-ring (bicyclic) bond motifs is 3. The second-order valence-corrected chi connectivity index (χ2v) is 7.73. The number of benzene rings is 3. The highest BCUT2D eigenvalue weighted by Gasteiger charge is 2.15. The lowest BCUT2D eigenvalue weighted by Crippen LogP contribution is -2.00. The maximum Gasteiger partial charge on any atom is 0.0541 e. The minimum atomic E-state index is 0.610. The van der Waals surface area contributed by atoms with Gasteiger partial charge in [-0.3, -0.25) is 0 Å². The van der Waals surface area contributed by atoms with Crippen molar-refractivity contribution in [3.05, 3.63) is 90.0 Å². The van der Waals surface area contributed by atoms with Crippen molar-refractivity contribution in [1.29, 1.82) is 0 Å². The van der Waals surface area contributed by atoms with Gasteiger partial charge in [0.1, 0.15) is 0 Å². The van der Waals surface area contributed by atoms with Gasteiger partial charge in [-0.05, 0) is 59.9 Å². The molecule has 0 radical (unpaired) electrons. The maximum atomic E-state index is 6.06. The molecule has 1 aromatic heterocycles. The summed E-state index contributed by atoms with van der Waals surface area (Å²) in [7, 11) is 0. The molecule has 0 saturated heterocycles. The summed E-state index contributed by atoms with van der Waals surface area (Å²) >= 11 is 6.06. The molecule has 1 nitrogen and oxygen atoms in total. The number of allylic oxidation sites excluding steroid dienone is 4. The average molecular weight is 370 g/mol. The third-order valence-electron chi connectivity index (χ3n) is 5.40. The van der Waals surface area contributed by atoms with Crippen molar-refractivity contribution < 1.29 is 0 Å². The van der Waals surface area contributed by atoms with Crippen molar-refractivity contribution in [1.82, 2.24) is 4.57 Å². The van der Waals surface area contributed by atoms with Crippen LogP contribution in [0, 0.1) is 5.92 Å². The molecule has 0 spiro atoms. The molecule has 0 fully saturated rings. The summed E-state index contributed by atoms with van der Waals surface area (Å²) in [6.07, 6.45) is 8.00. The molecule has 0 saturated carbocycles. The van der Waals surface area contributed by atoms with Crippen LogP contribution in [0.3, 0.4) is 0 Å². The van der Waals surface area contributed by atoms with Gasteiger partial charge < -0.3 is 4.57 Å². The van der Waals surface area contributed by atoms with E-state index in [4.69, 9.17) is 11.6 Å². The predicted octanol–water partition coefficient (Wildman–Crippen LogP) is 7.55. The fourth-order valence-corrected chi connectivity index (χ4v) is 4.08.